The Hall–Kier alpha value is -5.61. The Morgan fingerprint density at radius 2 is 1.09 bits per heavy atom. The second kappa shape index (κ2) is 9.19. The topological polar surface area (TPSA) is 51.8 Å². The summed E-state index contributed by atoms with van der Waals surface area (Å²) < 4.78 is 6.71. The highest BCUT2D eigenvalue weighted by Gasteiger charge is 2.39. The van der Waals surface area contributed by atoms with E-state index in [-0.39, 0.29) is 5.41 Å². The Balaban J connectivity index is 1.35. The molecule has 1 aliphatic carbocycles. The molecule has 0 atom stereocenters. The lowest BCUT2D eigenvalue weighted by atomic mass is 9.79. The van der Waals surface area contributed by atoms with Crippen LogP contribution in [-0.4, -0.2) is 15.0 Å². The summed E-state index contributed by atoms with van der Waals surface area (Å²) in [6.07, 6.45) is 0. The minimum Gasteiger partial charge on any atom is -0.455 e. The smallest absolute Gasteiger partial charge is 0.164 e. The lowest BCUT2D eigenvalue weighted by Crippen LogP contribution is -2.15. The number of rotatable bonds is 3. The van der Waals surface area contributed by atoms with Gasteiger partial charge in [-0.1, -0.05) is 123 Å². The lowest BCUT2D eigenvalue weighted by Gasteiger charge is -2.22. The van der Waals surface area contributed by atoms with E-state index >= 15 is 0 Å². The van der Waals surface area contributed by atoms with Gasteiger partial charge in [0.2, 0.25) is 0 Å². The molecule has 0 unspecified atom stereocenters. The van der Waals surface area contributed by atoms with Gasteiger partial charge in [-0.05, 0) is 45.8 Å². The van der Waals surface area contributed by atoms with Crippen LogP contribution in [0.5, 0.6) is 0 Å². The van der Waals surface area contributed by atoms with Gasteiger partial charge in [0.1, 0.15) is 11.2 Å². The Bertz CT molecular complexity index is 2350. The Morgan fingerprint density at radius 3 is 1.77 bits per heavy atom. The fourth-order valence-corrected chi connectivity index (χ4v) is 7.06. The highest BCUT2D eigenvalue weighted by atomic mass is 16.3. The molecule has 0 saturated carbocycles. The predicted molar refractivity (Wildman–Crippen MR) is 178 cm³/mol. The molecule has 4 nitrogen and oxygen atoms in total. The van der Waals surface area contributed by atoms with Gasteiger partial charge in [0.15, 0.2) is 17.5 Å². The summed E-state index contributed by atoms with van der Waals surface area (Å²) in [5.41, 5.74) is 9.67. The first kappa shape index (κ1) is 24.9. The van der Waals surface area contributed by atoms with Gasteiger partial charge < -0.3 is 4.42 Å². The third kappa shape index (κ3) is 3.54. The number of hydrogen-bond donors (Lipinski definition) is 0. The minimum absolute atomic E-state index is 0.199. The van der Waals surface area contributed by atoms with Crippen LogP contribution in [0.3, 0.4) is 0 Å². The number of aromatic nitrogens is 3. The summed E-state index contributed by atoms with van der Waals surface area (Å²) >= 11 is 0. The van der Waals surface area contributed by atoms with Gasteiger partial charge in [-0.25, -0.2) is 15.0 Å². The first-order valence-electron chi connectivity index (χ1n) is 15.0. The molecule has 0 fully saturated rings. The molecule has 0 radical (unpaired) electrons. The molecular formula is C40H27N3O. The number of hydrogen-bond acceptors (Lipinski definition) is 4. The molecular weight excluding hydrogens is 538 g/mol. The SMILES string of the molecule is CC1(C)c2ccccc2-c2c1c1c3cc(-c4nc(-c5ccccc5)nc(-c5ccccc5)n4)ccc3oc1c1ccccc21. The molecule has 1 aliphatic rings. The van der Waals surface area contributed by atoms with Gasteiger partial charge in [0.05, 0.1) is 0 Å². The molecule has 6 aromatic carbocycles. The molecule has 0 amide bonds. The van der Waals surface area contributed by atoms with Crippen LogP contribution in [0.25, 0.3) is 78.0 Å². The molecule has 0 aliphatic heterocycles. The minimum atomic E-state index is -0.199. The molecule has 0 bridgehead atoms. The molecule has 0 N–H and O–H groups in total. The summed E-state index contributed by atoms with van der Waals surface area (Å²) in [5, 5.41) is 4.59. The Morgan fingerprint density at radius 1 is 0.523 bits per heavy atom. The monoisotopic (exact) mass is 565 g/mol. The van der Waals surface area contributed by atoms with Gasteiger partial charge in [-0.3, -0.25) is 0 Å². The molecule has 8 aromatic rings. The molecule has 0 saturated heterocycles. The van der Waals surface area contributed by atoms with Gasteiger partial charge in [-0.15, -0.1) is 0 Å². The van der Waals surface area contributed by atoms with Crippen LogP contribution in [0.4, 0.5) is 0 Å². The van der Waals surface area contributed by atoms with Crippen molar-refractivity contribution in [1.29, 1.82) is 0 Å². The number of nitrogens with zero attached hydrogens (tertiary/aromatic N) is 3. The van der Waals surface area contributed by atoms with Crippen molar-refractivity contribution in [3.63, 3.8) is 0 Å². The maximum absolute atomic E-state index is 6.71. The molecule has 2 heterocycles. The van der Waals surface area contributed by atoms with Crippen molar-refractivity contribution >= 4 is 32.7 Å². The quantitative estimate of drug-likeness (QED) is 0.214. The van der Waals surface area contributed by atoms with E-state index in [1.807, 2.05) is 60.7 Å². The van der Waals surface area contributed by atoms with Crippen molar-refractivity contribution in [2.24, 2.45) is 0 Å². The van der Waals surface area contributed by atoms with Crippen LogP contribution in [0, 0.1) is 0 Å². The van der Waals surface area contributed by atoms with E-state index < -0.39 is 0 Å². The van der Waals surface area contributed by atoms with Crippen molar-refractivity contribution in [3.05, 3.63) is 139 Å². The van der Waals surface area contributed by atoms with E-state index in [4.69, 9.17) is 19.4 Å². The van der Waals surface area contributed by atoms with Gasteiger partial charge in [-0.2, -0.15) is 0 Å². The van der Waals surface area contributed by atoms with E-state index in [0.29, 0.717) is 17.5 Å². The predicted octanol–water partition coefficient (Wildman–Crippen LogP) is 10.2. The Kier molecular flexibility index (Phi) is 5.21. The van der Waals surface area contributed by atoms with Gasteiger partial charge in [0.25, 0.3) is 0 Å². The highest BCUT2D eigenvalue weighted by molar-refractivity contribution is 6.23. The molecule has 2 aromatic heterocycles. The second-order valence-corrected chi connectivity index (χ2v) is 12.0. The summed E-state index contributed by atoms with van der Waals surface area (Å²) in [6, 6.07) is 44.0. The molecule has 44 heavy (non-hydrogen) atoms. The maximum atomic E-state index is 6.71. The summed E-state index contributed by atoms with van der Waals surface area (Å²) in [4.78, 5) is 14.9. The third-order valence-corrected chi connectivity index (χ3v) is 9.08. The number of furan rings is 1. The van der Waals surface area contributed by atoms with Crippen LogP contribution >= 0.6 is 0 Å². The maximum Gasteiger partial charge on any atom is 0.164 e. The number of benzene rings is 6. The average molecular weight is 566 g/mol. The molecule has 9 rings (SSSR count). The normalized spacial score (nSPS) is 13.4. The third-order valence-electron chi connectivity index (χ3n) is 9.08. The second-order valence-electron chi connectivity index (χ2n) is 12.0. The first-order valence-corrected chi connectivity index (χ1v) is 15.0. The first-order chi connectivity index (χ1) is 21.6. The van der Waals surface area contributed by atoms with Gasteiger partial charge in [0, 0.05) is 38.3 Å². The fourth-order valence-electron chi connectivity index (χ4n) is 7.06. The number of fused-ring (bicyclic) bond motifs is 10. The molecule has 208 valence electrons. The standard InChI is InChI=1S/C40H27N3O/c1-40(2)31-20-12-11-19-29(31)33-27-17-9-10-18-28(27)36-34(35(33)40)30-23-26(21-22-32(30)44-36)39-42-37(24-13-5-3-6-14-24)41-38(43-39)25-15-7-4-8-16-25/h3-23H,1-2H3. The van der Waals surface area contributed by atoms with Crippen molar-refractivity contribution in [2.75, 3.05) is 0 Å². The van der Waals surface area contributed by atoms with E-state index in [1.165, 1.54) is 27.6 Å². The van der Waals surface area contributed by atoms with E-state index in [1.54, 1.807) is 0 Å². The van der Waals surface area contributed by atoms with Crippen molar-refractivity contribution in [3.8, 4) is 45.3 Å². The summed E-state index contributed by atoms with van der Waals surface area (Å²) in [6.45, 7) is 4.66. The zero-order chi connectivity index (χ0) is 29.4. The van der Waals surface area contributed by atoms with Crippen molar-refractivity contribution < 1.29 is 4.42 Å². The van der Waals surface area contributed by atoms with Crippen LogP contribution in [0.2, 0.25) is 0 Å². The summed E-state index contributed by atoms with van der Waals surface area (Å²) in [7, 11) is 0. The van der Waals surface area contributed by atoms with Gasteiger partial charge >= 0.3 is 0 Å². The fraction of sp³-hybridized carbons (Fsp3) is 0.0750. The van der Waals surface area contributed by atoms with E-state index in [2.05, 4.69) is 80.6 Å². The summed E-state index contributed by atoms with van der Waals surface area (Å²) in [5.74, 6) is 1.93. The highest BCUT2D eigenvalue weighted by Crippen LogP contribution is 2.56. The van der Waals surface area contributed by atoms with Crippen LogP contribution in [-0.2, 0) is 5.41 Å². The van der Waals surface area contributed by atoms with Crippen molar-refractivity contribution in [2.45, 2.75) is 19.3 Å². The van der Waals surface area contributed by atoms with E-state index in [9.17, 15) is 0 Å². The zero-order valence-corrected chi connectivity index (χ0v) is 24.4. The van der Waals surface area contributed by atoms with Crippen LogP contribution in [0.15, 0.2) is 132 Å². The van der Waals surface area contributed by atoms with Crippen molar-refractivity contribution in [1.82, 2.24) is 15.0 Å². The lowest BCUT2D eigenvalue weighted by molar-refractivity contribution is 0.659. The average Bonchev–Trinajstić information content (AvgIpc) is 3.57. The Labute approximate surface area is 254 Å². The van der Waals surface area contributed by atoms with Crippen LogP contribution in [0.1, 0.15) is 25.0 Å². The molecule has 0 spiro atoms. The van der Waals surface area contributed by atoms with E-state index in [0.717, 1.165) is 44.0 Å². The van der Waals surface area contributed by atoms with Crippen LogP contribution < -0.4 is 0 Å². The largest absolute Gasteiger partial charge is 0.455 e. The molecule has 4 heteroatoms. The zero-order valence-electron chi connectivity index (χ0n) is 24.4.